The molecule has 0 atom stereocenters. The number of rotatable bonds is 4. The molecule has 0 aliphatic carbocycles. The van der Waals surface area contributed by atoms with E-state index < -0.39 is 22.8 Å². The number of hydrogen-bond acceptors (Lipinski definition) is 4. The van der Waals surface area contributed by atoms with Gasteiger partial charge in [-0.2, -0.15) is 18.3 Å². The maximum atomic E-state index is 12.3. The third kappa shape index (κ3) is 5.40. The van der Waals surface area contributed by atoms with Crippen LogP contribution in [0.5, 0.6) is 5.75 Å². The number of nitrogens with two attached hydrogens (primary N) is 1. The number of aryl methyl sites for hydroxylation is 1. The van der Waals surface area contributed by atoms with Gasteiger partial charge in [0.2, 0.25) is 10.0 Å². The van der Waals surface area contributed by atoms with Gasteiger partial charge in [-0.1, -0.05) is 11.8 Å². The van der Waals surface area contributed by atoms with Gasteiger partial charge in [0.1, 0.15) is 5.75 Å². The van der Waals surface area contributed by atoms with Gasteiger partial charge in [0.05, 0.1) is 22.3 Å². The van der Waals surface area contributed by atoms with Crippen molar-refractivity contribution in [1.29, 1.82) is 0 Å². The summed E-state index contributed by atoms with van der Waals surface area (Å²) in [6, 6.07) is 11.9. The van der Waals surface area contributed by atoms with Crippen molar-refractivity contribution in [2.24, 2.45) is 12.2 Å². The van der Waals surface area contributed by atoms with Crippen molar-refractivity contribution in [2.75, 3.05) is 6.61 Å². The molecule has 0 aliphatic rings. The van der Waals surface area contributed by atoms with Gasteiger partial charge in [0.25, 0.3) is 0 Å². The highest BCUT2D eigenvalue weighted by atomic mass is 32.2. The molecule has 2 aromatic carbocycles. The first-order chi connectivity index (χ1) is 14.0. The summed E-state index contributed by atoms with van der Waals surface area (Å²) >= 11 is 0. The van der Waals surface area contributed by atoms with Gasteiger partial charge in [-0.25, -0.2) is 13.6 Å². The molecule has 0 amide bonds. The van der Waals surface area contributed by atoms with Crippen molar-refractivity contribution in [3.05, 3.63) is 65.9 Å². The van der Waals surface area contributed by atoms with Crippen LogP contribution in [0.2, 0.25) is 0 Å². The molecule has 3 rings (SSSR count). The Morgan fingerprint density at radius 2 is 1.70 bits per heavy atom. The van der Waals surface area contributed by atoms with Crippen molar-refractivity contribution in [3.8, 4) is 28.8 Å². The van der Waals surface area contributed by atoms with E-state index in [4.69, 9.17) is 9.88 Å². The van der Waals surface area contributed by atoms with Crippen molar-refractivity contribution >= 4 is 10.0 Å². The van der Waals surface area contributed by atoms with Crippen LogP contribution >= 0.6 is 0 Å². The second-order valence-corrected chi connectivity index (χ2v) is 7.84. The van der Waals surface area contributed by atoms with Crippen LogP contribution in [0.4, 0.5) is 13.2 Å². The monoisotopic (exact) mass is 435 g/mol. The summed E-state index contributed by atoms with van der Waals surface area (Å²) < 4.78 is 65.7. The Morgan fingerprint density at radius 3 is 2.27 bits per heavy atom. The molecular formula is C20H16F3N3O3S. The third-order valence-corrected chi connectivity index (χ3v) is 4.92. The minimum atomic E-state index is -4.41. The summed E-state index contributed by atoms with van der Waals surface area (Å²) in [6.07, 6.45) is -2.84. The van der Waals surface area contributed by atoms with Crippen LogP contribution < -0.4 is 9.88 Å². The molecule has 0 saturated carbocycles. The van der Waals surface area contributed by atoms with Crippen molar-refractivity contribution in [1.82, 2.24) is 9.78 Å². The lowest BCUT2D eigenvalue weighted by Crippen LogP contribution is -2.19. The average molecular weight is 435 g/mol. The molecule has 0 fully saturated rings. The molecule has 2 N–H and O–H groups in total. The van der Waals surface area contributed by atoms with Gasteiger partial charge in [0.15, 0.2) is 6.61 Å². The molecule has 3 aromatic rings. The fraction of sp³-hybridized carbons (Fsp3) is 0.150. The number of halogens is 3. The van der Waals surface area contributed by atoms with Gasteiger partial charge in [-0.3, -0.25) is 4.68 Å². The highest BCUT2D eigenvalue weighted by Crippen LogP contribution is 2.26. The van der Waals surface area contributed by atoms with Crippen molar-refractivity contribution < 1.29 is 26.3 Å². The predicted molar refractivity (Wildman–Crippen MR) is 104 cm³/mol. The molecule has 0 unspecified atom stereocenters. The summed E-state index contributed by atoms with van der Waals surface area (Å²) in [6.45, 7) is -1.36. The summed E-state index contributed by atoms with van der Waals surface area (Å²) in [5, 5.41) is 9.25. The molecule has 1 aromatic heterocycles. The predicted octanol–water partition coefficient (Wildman–Crippen LogP) is 3.08. The van der Waals surface area contributed by atoms with Gasteiger partial charge in [-0.05, 0) is 48.5 Å². The maximum absolute atomic E-state index is 12.3. The van der Waals surface area contributed by atoms with Crippen molar-refractivity contribution in [3.63, 3.8) is 0 Å². The number of nitrogens with zero attached hydrogens (tertiary/aromatic N) is 2. The van der Waals surface area contributed by atoms with E-state index in [1.165, 1.54) is 36.4 Å². The molecule has 10 heteroatoms. The smallest absolute Gasteiger partial charge is 0.422 e. The standard InChI is InChI=1S/C20H16F3N3O3S/c1-26-19(15-6-8-17(9-7-15)29-13-20(21,22)23)16(12-25-26)5-2-14-3-10-18(11-4-14)30(24,27)28/h3-4,6-12H,13H2,1H3,(H2,24,27,28). The van der Waals surface area contributed by atoms with Crippen LogP contribution in [0.15, 0.2) is 59.6 Å². The van der Waals surface area contributed by atoms with Crippen molar-refractivity contribution in [2.45, 2.75) is 11.1 Å². The van der Waals surface area contributed by atoms with Crippen LogP contribution in [0.1, 0.15) is 11.1 Å². The molecule has 0 spiro atoms. The van der Waals surface area contributed by atoms with E-state index >= 15 is 0 Å². The third-order valence-electron chi connectivity index (χ3n) is 3.99. The largest absolute Gasteiger partial charge is 0.484 e. The average Bonchev–Trinajstić information content (AvgIpc) is 3.05. The van der Waals surface area contributed by atoms with E-state index in [1.807, 2.05) is 0 Å². The Kier molecular flexibility index (Phi) is 5.87. The summed E-state index contributed by atoms with van der Waals surface area (Å²) in [5.41, 5.74) is 2.54. The van der Waals surface area contributed by atoms with Gasteiger partial charge < -0.3 is 4.74 Å². The minimum absolute atomic E-state index is 0.0112. The number of sulfonamides is 1. The minimum Gasteiger partial charge on any atom is -0.484 e. The van der Waals surface area contributed by atoms with Crippen LogP contribution in [0.25, 0.3) is 11.3 Å². The SMILES string of the molecule is Cn1ncc(C#Cc2ccc(S(N)(=O)=O)cc2)c1-c1ccc(OCC(F)(F)F)cc1. The number of hydrogen-bond donors (Lipinski definition) is 1. The molecule has 30 heavy (non-hydrogen) atoms. The summed E-state index contributed by atoms with van der Waals surface area (Å²) in [7, 11) is -2.06. The van der Waals surface area contributed by atoms with E-state index in [0.29, 0.717) is 22.4 Å². The lowest BCUT2D eigenvalue weighted by Gasteiger charge is -2.10. The van der Waals surface area contributed by atoms with Gasteiger partial charge in [-0.15, -0.1) is 0 Å². The topological polar surface area (TPSA) is 87.2 Å². The fourth-order valence-electron chi connectivity index (χ4n) is 2.61. The lowest BCUT2D eigenvalue weighted by atomic mass is 10.1. The number of alkyl halides is 3. The van der Waals surface area contributed by atoms with Crippen LogP contribution in [-0.4, -0.2) is 31.0 Å². The van der Waals surface area contributed by atoms with E-state index in [0.717, 1.165) is 0 Å². The summed E-state index contributed by atoms with van der Waals surface area (Å²) in [4.78, 5) is -0.0112. The Labute approximate surface area is 171 Å². The Morgan fingerprint density at radius 1 is 1.07 bits per heavy atom. The zero-order valence-electron chi connectivity index (χ0n) is 15.6. The highest BCUT2D eigenvalue weighted by molar-refractivity contribution is 7.89. The van der Waals surface area contributed by atoms with E-state index in [2.05, 4.69) is 16.9 Å². The Hall–Kier alpha value is -3.29. The molecule has 0 bridgehead atoms. The van der Waals surface area contributed by atoms with E-state index in [-0.39, 0.29) is 10.6 Å². The normalized spacial score (nSPS) is 11.6. The quantitative estimate of drug-likeness (QED) is 0.638. The van der Waals surface area contributed by atoms with Gasteiger partial charge in [0, 0.05) is 18.2 Å². The number of primary sulfonamides is 1. The molecule has 0 saturated heterocycles. The van der Waals surface area contributed by atoms with E-state index in [1.54, 1.807) is 30.1 Å². The summed E-state index contributed by atoms with van der Waals surface area (Å²) in [5.74, 6) is 5.99. The van der Waals surface area contributed by atoms with E-state index in [9.17, 15) is 21.6 Å². The van der Waals surface area contributed by atoms with Crippen LogP contribution in [0, 0.1) is 11.8 Å². The molecular weight excluding hydrogens is 419 g/mol. The highest BCUT2D eigenvalue weighted by Gasteiger charge is 2.28. The zero-order valence-corrected chi connectivity index (χ0v) is 16.5. The second-order valence-electron chi connectivity index (χ2n) is 6.28. The molecule has 1 heterocycles. The Bertz CT molecular complexity index is 1200. The first-order valence-corrected chi connectivity index (χ1v) is 10.0. The maximum Gasteiger partial charge on any atom is 0.422 e. The Balaban J connectivity index is 1.83. The number of ether oxygens (including phenoxy) is 1. The molecule has 6 nitrogen and oxygen atoms in total. The van der Waals surface area contributed by atoms with Crippen LogP contribution in [0.3, 0.4) is 0 Å². The number of aromatic nitrogens is 2. The number of benzene rings is 2. The fourth-order valence-corrected chi connectivity index (χ4v) is 3.13. The molecule has 156 valence electrons. The lowest BCUT2D eigenvalue weighted by molar-refractivity contribution is -0.153. The first kappa shape index (κ1) is 21.4. The van der Waals surface area contributed by atoms with Crippen LogP contribution in [-0.2, 0) is 17.1 Å². The zero-order chi connectivity index (χ0) is 21.9. The second kappa shape index (κ2) is 8.22. The van der Waals surface area contributed by atoms with Gasteiger partial charge >= 0.3 is 6.18 Å². The molecule has 0 aliphatic heterocycles. The molecule has 0 radical (unpaired) electrons. The first-order valence-electron chi connectivity index (χ1n) is 8.50.